The molecule has 4 atom stereocenters. The molecule has 7 heteroatoms. The van der Waals surface area contributed by atoms with Gasteiger partial charge in [0.25, 0.3) is 0 Å². The van der Waals surface area contributed by atoms with Crippen LogP contribution in [0.15, 0.2) is 0 Å². The summed E-state index contributed by atoms with van der Waals surface area (Å²) in [5, 5.41) is 21.4. The molecule has 0 aromatic carbocycles. The summed E-state index contributed by atoms with van der Waals surface area (Å²) in [4.78, 5) is 21.8. The lowest BCUT2D eigenvalue weighted by Gasteiger charge is -2.55. The monoisotopic (exact) mass is 241 g/mol. The van der Waals surface area contributed by atoms with Gasteiger partial charge in [0.2, 0.25) is 5.54 Å². The third-order valence-corrected chi connectivity index (χ3v) is 4.75. The minimum absolute atomic E-state index is 0.180. The molecule has 4 saturated carbocycles. The average molecular weight is 241 g/mol. The quantitative estimate of drug-likeness (QED) is 0.590. The molecule has 0 aromatic rings. The highest BCUT2D eigenvalue weighted by molar-refractivity contribution is 5.11. The van der Waals surface area contributed by atoms with Crippen molar-refractivity contribution in [1.82, 2.24) is 5.43 Å². The number of hydrogen-bond donors (Lipinski definition) is 1. The Morgan fingerprint density at radius 2 is 1.65 bits per heavy atom. The van der Waals surface area contributed by atoms with Crippen LogP contribution in [0.5, 0.6) is 0 Å². The summed E-state index contributed by atoms with van der Waals surface area (Å²) in [5.41, 5.74) is 0.865. The Morgan fingerprint density at radius 1 is 1.06 bits per heavy atom. The van der Waals surface area contributed by atoms with Crippen molar-refractivity contribution in [2.24, 2.45) is 11.8 Å². The zero-order valence-electron chi connectivity index (χ0n) is 9.42. The second kappa shape index (κ2) is 3.08. The molecular weight excluding hydrogens is 226 g/mol. The predicted molar refractivity (Wildman–Crippen MR) is 57.3 cm³/mol. The fraction of sp³-hybridized carbons (Fsp3) is 1.00. The second-order valence-electron chi connectivity index (χ2n) is 6.09. The van der Waals surface area contributed by atoms with Gasteiger partial charge in [0.05, 0.1) is 0 Å². The molecule has 0 saturated heterocycles. The van der Waals surface area contributed by atoms with Crippen LogP contribution in [0.25, 0.3) is 0 Å². The third kappa shape index (κ3) is 1.48. The predicted octanol–water partition coefficient (Wildman–Crippen LogP) is 1.14. The maximum absolute atomic E-state index is 11.3. The van der Waals surface area contributed by atoms with Gasteiger partial charge >= 0.3 is 0 Å². The molecule has 17 heavy (non-hydrogen) atoms. The molecule has 1 N–H and O–H groups in total. The van der Waals surface area contributed by atoms with E-state index >= 15 is 0 Å². The lowest BCUT2D eigenvalue weighted by molar-refractivity contribution is -0.606. The number of hydrazine groups is 1. The van der Waals surface area contributed by atoms with Gasteiger partial charge in [-0.3, -0.25) is 10.1 Å². The third-order valence-electron chi connectivity index (χ3n) is 4.75. The van der Waals surface area contributed by atoms with E-state index < -0.39 is 16.1 Å². The summed E-state index contributed by atoms with van der Waals surface area (Å²) >= 11 is 0. The van der Waals surface area contributed by atoms with Crippen LogP contribution in [0.4, 0.5) is 0 Å². The van der Waals surface area contributed by atoms with E-state index in [1.165, 1.54) is 0 Å². The minimum atomic E-state index is -0.896. The zero-order chi connectivity index (χ0) is 12.3. The number of hydrogen-bond acceptors (Lipinski definition) is 4. The molecular formula is C10H15N3O4. The van der Waals surface area contributed by atoms with E-state index in [0.717, 1.165) is 19.3 Å². The maximum atomic E-state index is 11.3. The van der Waals surface area contributed by atoms with Crippen LogP contribution >= 0.6 is 0 Å². The van der Waals surface area contributed by atoms with E-state index in [2.05, 4.69) is 5.43 Å². The second-order valence-corrected chi connectivity index (χ2v) is 6.09. The fourth-order valence-electron chi connectivity index (χ4n) is 4.75. The highest BCUT2D eigenvalue weighted by atomic mass is 16.7. The SMILES string of the molecule is O=[N+]([O-])NC12C[C@H]3C[C@@H](C1)CC([N+](=O)[O-])(C3)C2. The van der Waals surface area contributed by atoms with Gasteiger partial charge in [-0.25, -0.2) is 10.1 Å². The summed E-state index contributed by atoms with van der Waals surface area (Å²) < 4.78 is 0. The Hall–Kier alpha value is -1.40. The zero-order valence-corrected chi connectivity index (χ0v) is 9.42. The molecule has 4 fully saturated rings. The topological polar surface area (TPSA) is 98.3 Å². The number of rotatable bonds is 3. The van der Waals surface area contributed by atoms with E-state index in [-0.39, 0.29) is 16.8 Å². The lowest BCUT2D eigenvalue weighted by Crippen LogP contribution is -2.67. The summed E-state index contributed by atoms with van der Waals surface area (Å²) in [6.07, 6.45) is 3.99. The Kier molecular flexibility index (Phi) is 1.95. The van der Waals surface area contributed by atoms with Crippen molar-refractivity contribution in [3.8, 4) is 0 Å². The maximum Gasteiger partial charge on any atom is 0.225 e. The molecule has 0 aromatic heterocycles. The number of nitro groups is 2. The summed E-state index contributed by atoms with van der Waals surface area (Å²) in [6, 6.07) is 0. The van der Waals surface area contributed by atoms with Gasteiger partial charge in [-0.05, 0) is 31.1 Å². The molecule has 0 radical (unpaired) electrons. The van der Waals surface area contributed by atoms with Gasteiger partial charge in [0.15, 0.2) is 5.03 Å². The first-order valence-electron chi connectivity index (χ1n) is 6.00. The van der Waals surface area contributed by atoms with Gasteiger partial charge in [0, 0.05) is 24.2 Å². The molecule has 0 heterocycles. The Balaban J connectivity index is 1.94. The molecule has 0 aliphatic heterocycles. The van der Waals surface area contributed by atoms with Crippen LogP contribution in [-0.2, 0) is 0 Å². The van der Waals surface area contributed by atoms with E-state index in [0.29, 0.717) is 19.3 Å². The highest BCUT2D eigenvalue weighted by Gasteiger charge is 2.65. The number of nitrogens with zero attached hydrogens (tertiary/aromatic N) is 2. The van der Waals surface area contributed by atoms with Crippen LogP contribution in [0, 0.1) is 32.1 Å². The van der Waals surface area contributed by atoms with Crippen molar-refractivity contribution in [2.75, 3.05) is 0 Å². The van der Waals surface area contributed by atoms with Crippen molar-refractivity contribution < 1.29 is 9.96 Å². The average Bonchev–Trinajstić information content (AvgIpc) is 2.12. The van der Waals surface area contributed by atoms with E-state index in [4.69, 9.17) is 0 Å². The summed E-state index contributed by atoms with van der Waals surface area (Å²) in [5.74, 6) is 0.572. The first-order chi connectivity index (χ1) is 7.93. The van der Waals surface area contributed by atoms with Crippen LogP contribution in [0.3, 0.4) is 0 Å². The van der Waals surface area contributed by atoms with Gasteiger partial charge < -0.3 is 0 Å². The van der Waals surface area contributed by atoms with Gasteiger partial charge in [0.1, 0.15) is 5.54 Å². The Morgan fingerprint density at radius 3 is 2.12 bits per heavy atom. The van der Waals surface area contributed by atoms with E-state index in [9.17, 15) is 20.2 Å². The van der Waals surface area contributed by atoms with Gasteiger partial charge in [-0.2, -0.15) is 0 Å². The smallest absolute Gasteiger partial charge is 0.225 e. The first-order valence-corrected chi connectivity index (χ1v) is 6.00. The van der Waals surface area contributed by atoms with Gasteiger partial charge in [-0.15, -0.1) is 5.43 Å². The van der Waals surface area contributed by atoms with Crippen LogP contribution < -0.4 is 5.43 Å². The Labute approximate surface area is 97.8 Å². The largest absolute Gasteiger partial charge is 0.264 e. The minimum Gasteiger partial charge on any atom is -0.264 e. The molecule has 4 rings (SSSR count). The number of nitrogens with one attached hydrogen (secondary N) is 1. The molecule has 2 unspecified atom stereocenters. The van der Waals surface area contributed by atoms with Gasteiger partial charge in [-0.1, -0.05) is 0 Å². The summed E-state index contributed by atoms with van der Waals surface area (Å²) in [6.45, 7) is 0. The Bertz CT molecular complexity index is 383. The van der Waals surface area contributed by atoms with Crippen molar-refractivity contribution in [1.29, 1.82) is 0 Å². The molecule has 0 amide bonds. The first kappa shape index (κ1) is 10.7. The van der Waals surface area contributed by atoms with Crippen molar-refractivity contribution >= 4 is 0 Å². The fourth-order valence-corrected chi connectivity index (χ4v) is 4.75. The van der Waals surface area contributed by atoms with Crippen molar-refractivity contribution in [3.63, 3.8) is 0 Å². The van der Waals surface area contributed by atoms with Crippen molar-refractivity contribution in [2.45, 2.75) is 49.6 Å². The normalized spacial score (nSPS) is 46.8. The van der Waals surface area contributed by atoms with Crippen molar-refractivity contribution in [3.05, 3.63) is 20.2 Å². The molecule has 4 aliphatic rings. The lowest BCUT2D eigenvalue weighted by atomic mass is 9.50. The van der Waals surface area contributed by atoms with Crippen LogP contribution in [0.2, 0.25) is 0 Å². The molecule has 7 nitrogen and oxygen atoms in total. The molecule has 94 valence electrons. The molecule has 4 aliphatic carbocycles. The molecule has 4 bridgehead atoms. The van der Waals surface area contributed by atoms with Crippen LogP contribution in [-0.4, -0.2) is 21.0 Å². The van der Waals surface area contributed by atoms with E-state index in [1.54, 1.807) is 0 Å². The highest BCUT2D eigenvalue weighted by Crippen LogP contribution is 2.58. The standard InChI is InChI=1S/C10H15N3O4/c14-12(15)10-4-7-1-8(5-10)3-9(2-7,6-10)11-13(16)17/h7-8,11H,1-6H2/t7-,8+,9?,10?. The molecule has 0 spiro atoms. The van der Waals surface area contributed by atoms with E-state index in [1.807, 2.05) is 0 Å². The summed E-state index contributed by atoms with van der Waals surface area (Å²) in [7, 11) is 0. The van der Waals surface area contributed by atoms with Crippen LogP contribution in [0.1, 0.15) is 38.5 Å².